The van der Waals surface area contributed by atoms with E-state index in [4.69, 9.17) is 17.3 Å². The molecule has 0 heterocycles. The minimum atomic E-state index is -0.678. The van der Waals surface area contributed by atoms with Crippen molar-refractivity contribution in [2.45, 2.75) is 25.4 Å². The number of nitrogens with two attached hydrogens (primary N) is 1. The number of benzene rings is 1. The van der Waals surface area contributed by atoms with E-state index < -0.39 is 6.10 Å². The van der Waals surface area contributed by atoms with Crippen LogP contribution in [0.1, 0.15) is 30.9 Å². The molecule has 0 aromatic heterocycles. The number of aliphatic hydroxyl groups is 1. The van der Waals surface area contributed by atoms with Crippen molar-refractivity contribution in [1.82, 2.24) is 5.32 Å². The van der Waals surface area contributed by atoms with Crippen molar-refractivity contribution in [3.05, 3.63) is 34.9 Å². The first-order chi connectivity index (χ1) is 9.15. The maximum Gasteiger partial charge on any atom is 0.188 e. The van der Waals surface area contributed by atoms with Crippen LogP contribution in [0.5, 0.6) is 0 Å². The predicted molar refractivity (Wildman–Crippen MR) is 78.2 cm³/mol. The van der Waals surface area contributed by atoms with E-state index in [0.29, 0.717) is 11.0 Å². The van der Waals surface area contributed by atoms with Gasteiger partial charge in [0.2, 0.25) is 0 Å². The molecule has 1 aromatic carbocycles. The molecule has 1 aromatic rings. The number of hydrogen-bond acceptors (Lipinski definition) is 2. The molecule has 1 fully saturated rings. The number of halogens is 1. The van der Waals surface area contributed by atoms with Gasteiger partial charge in [-0.2, -0.15) is 0 Å². The van der Waals surface area contributed by atoms with E-state index in [1.165, 1.54) is 19.3 Å². The third kappa shape index (κ3) is 4.40. The van der Waals surface area contributed by atoms with Gasteiger partial charge < -0.3 is 16.2 Å². The van der Waals surface area contributed by atoms with Gasteiger partial charge in [0.25, 0.3) is 0 Å². The Bertz CT molecular complexity index is 446. The second-order valence-corrected chi connectivity index (χ2v) is 5.41. The average Bonchev–Trinajstić information content (AvgIpc) is 2.34. The third-order valence-corrected chi connectivity index (χ3v) is 3.70. The van der Waals surface area contributed by atoms with Gasteiger partial charge in [-0.15, -0.1) is 0 Å². The summed E-state index contributed by atoms with van der Waals surface area (Å²) in [4.78, 5) is 4.15. The van der Waals surface area contributed by atoms with Crippen LogP contribution in [0.3, 0.4) is 0 Å². The Hall–Kier alpha value is -1.26. The summed E-state index contributed by atoms with van der Waals surface area (Å²) < 4.78 is 0. The maximum atomic E-state index is 9.98. The monoisotopic (exact) mass is 281 g/mol. The second kappa shape index (κ2) is 6.78. The highest BCUT2D eigenvalue weighted by atomic mass is 35.5. The maximum absolute atomic E-state index is 9.98. The predicted octanol–water partition coefficient (Wildman–Crippen LogP) is 2.08. The Morgan fingerprint density at radius 3 is 2.95 bits per heavy atom. The summed E-state index contributed by atoms with van der Waals surface area (Å²) in [6.07, 6.45) is 3.18. The van der Waals surface area contributed by atoms with E-state index in [1.807, 2.05) is 12.1 Å². The zero-order chi connectivity index (χ0) is 13.7. The van der Waals surface area contributed by atoms with Gasteiger partial charge in [-0.25, -0.2) is 0 Å². The molecule has 4 N–H and O–H groups in total. The molecule has 19 heavy (non-hydrogen) atoms. The quantitative estimate of drug-likeness (QED) is 0.572. The molecule has 5 heteroatoms. The average molecular weight is 282 g/mol. The van der Waals surface area contributed by atoms with Gasteiger partial charge in [0.1, 0.15) is 0 Å². The van der Waals surface area contributed by atoms with Crippen molar-refractivity contribution in [1.29, 1.82) is 0 Å². The van der Waals surface area contributed by atoms with Gasteiger partial charge in [0.15, 0.2) is 5.96 Å². The van der Waals surface area contributed by atoms with Crippen LogP contribution in [0.2, 0.25) is 5.02 Å². The van der Waals surface area contributed by atoms with Gasteiger partial charge in [-0.05, 0) is 36.5 Å². The van der Waals surface area contributed by atoms with E-state index in [1.54, 1.807) is 12.1 Å². The normalized spacial score (nSPS) is 17.9. The smallest absolute Gasteiger partial charge is 0.188 e. The lowest BCUT2D eigenvalue weighted by Gasteiger charge is -2.25. The second-order valence-electron chi connectivity index (χ2n) is 4.97. The van der Waals surface area contributed by atoms with Gasteiger partial charge in [0.05, 0.1) is 12.6 Å². The van der Waals surface area contributed by atoms with Crippen LogP contribution in [0.15, 0.2) is 29.3 Å². The number of guanidine groups is 1. The minimum absolute atomic E-state index is 0.240. The minimum Gasteiger partial charge on any atom is -0.386 e. The molecule has 1 aliphatic rings. The van der Waals surface area contributed by atoms with E-state index >= 15 is 0 Å². The van der Waals surface area contributed by atoms with Crippen molar-refractivity contribution in [3.8, 4) is 0 Å². The van der Waals surface area contributed by atoms with E-state index in [9.17, 15) is 5.11 Å². The molecule has 4 nitrogen and oxygen atoms in total. The molecule has 1 aliphatic carbocycles. The molecule has 2 rings (SSSR count). The van der Waals surface area contributed by atoms with Crippen LogP contribution in [0.25, 0.3) is 0 Å². The van der Waals surface area contributed by atoms with Crippen molar-refractivity contribution in [3.63, 3.8) is 0 Å². The van der Waals surface area contributed by atoms with Gasteiger partial charge in [0, 0.05) is 11.6 Å². The topological polar surface area (TPSA) is 70.6 Å². The van der Waals surface area contributed by atoms with Crippen molar-refractivity contribution in [2.75, 3.05) is 13.1 Å². The summed E-state index contributed by atoms with van der Waals surface area (Å²) >= 11 is 5.87. The van der Waals surface area contributed by atoms with Crippen molar-refractivity contribution >= 4 is 17.6 Å². The lowest BCUT2D eigenvalue weighted by molar-refractivity contribution is 0.187. The lowest BCUT2D eigenvalue weighted by Crippen LogP contribution is -2.37. The zero-order valence-corrected chi connectivity index (χ0v) is 11.6. The molecule has 1 saturated carbocycles. The van der Waals surface area contributed by atoms with Crippen LogP contribution in [-0.4, -0.2) is 24.2 Å². The number of aliphatic hydroxyl groups excluding tert-OH is 1. The summed E-state index contributed by atoms with van der Waals surface area (Å²) in [5, 5.41) is 13.7. The number of nitrogens with zero attached hydrogens (tertiary/aromatic N) is 1. The zero-order valence-electron chi connectivity index (χ0n) is 10.8. The summed E-state index contributed by atoms with van der Waals surface area (Å²) in [6.45, 7) is 1.12. The van der Waals surface area contributed by atoms with Crippen LogP contribution in [0.4, 0.5) is 0 Å². The number of rotatable bonds is 5. The Morgan fingerprint density at radius 1 is 1.53 bits per heavy atom. The summed E-state index contributed by atoms with van der Waals surface area (Å²) in [7, 11) is 0. The Kier molecular flexibility index (Phi) is 5.05. The Morgan fingerprint density at radius 2 is 2.32 bits per heavy atom. The molecule has 0 spiro atoms. The highest BCUT2D eigenvalue weighted by molar-refractivity contribution is 6.30. The fourth-order valence-electron chi connectivity index (χ4n) is 2.01. The van der Waals surface area contributed by atoms with E-state index in [0.717, 1.165) is 18.0 Å². The number of hydrogen-bond donors (Lipinski definition) is 3. The molecule has 0 radical (unpaired) electrons. The van der Waals surface area contributed by atoms with E-state index in [-0.39, 0.29) is 6.54 Å². The Labute approximate surface area is 118 Å². The fourth-order valence-corrected chi connectivity index (χ4v) is 2.20. The largest absolute Gasteiger partial charge is 0.386 e. The van der Waals surface area contributed by atoms with E-state index in [2.05, 4.69) is 10.3 Å². The van der Waals surface area contributed by atoms with Crippen LogP contribution in [0, 0.1) is 5.92 Å². The summed E-state index contributed by atoms with van der Waals surface area (Å²) in [5.41, 5.74) is 6.51. The fraction of sp³-hybridized carbons (Fsp3) is 0.500. The summed E-state index contributed by atoms with van der Waals surface area (Å²) in [5.74, 6) is 1.12. The highest BCUT2D eigenvalue weighted by Crippen LogP contribution is 2.25. The molecular weight excluding hydrogens is 262 g/mol. The third-order valence-electron chi connectivity index (χ3n) is 3.46. The first-order valence-electron chi connectivity index (χ1n) is 6.62. The number of nitrogens with one attached hydrogen (secondary N) is 1. The molecule has 0 saturated heterocycles. The lowest BCUT2D eigenvalue weighted by atomic mass is 9.85. The molecule has 0 aliphatic heterocycles. The first kappa shape index (κ1) is 14.2. The van der Waals surface area contributed by atoms with Crippen LogP contribution in [-0.2, 0) is 0 Å². The van der Waals surface area contributed by atoms with Crippen molar-refractivity contribution < 1.29 is 5.11 Å². The standard InChI is InChI=1S/C14H20ClN3O/c15-12-6-2-5-11(7-12)13(19)9-18-14(16)17-8-10-3-1-4-10/h2,5-7,10,13,19H,1,3-4,8-9H2,(H3,16,17,18). The molecule has 0 bridgehead atoms. The van der Waals surface area contributed by atoms with Crippen molar-refractivity contribution in [2.24, 2.45) is 16.6 Å². The molecule has 1 atom stereocenters. The van der Waals surface area contributed by atoms with Crippen LogP contribution < -0.4 is 11.1 Å². The molecule has 1 unspecified atom stereocenters. The van der Waals surface area contributed by atoms with Crippen LogP contribution >= 0.6 is 11.6 Å². The molecule has 104 valence electrons. The summed E-state index contributed by atoms with van der Waals surface area (Å²) in [6, 6.07) is 7.14. The van der Waals surface area contributed by atoms with Gasteiger partial charge in [-0.1, -0.05) is 30.2 Å². The Balaban J connectivity index is 1.79. The molecule has 0 amide bonds. The SMILES string of the molecule is NC(=NCC(O)c1cccc(Cl)c1)NCC1CCC1. The van der Waals surface area contributed by atoms with Gasteiger partial charge in [-0.3, -0.25) is 4.99 Å². The highest BCUT2D eigenvalue weighted by Gasteiger charge is 2.16. The molecular formula is C14H20ClN3O. The first-order valence-corrected chi connectivity index (χ1v) is 7.00. The number of aliphatic imine (C=N–C) groups is 1. The van der Waals surface area contributed by atoms with Gasteiger partial charge >= 0.3 is 0 Å².